The molecule has 1 heterocycles. The highest BCUT2D eigenvalue weighted by Gasteiger charge is 2.19. The summed E-state index contributed by atoms with van der Waals surface area (Å²) in [5.74, 6) is -0.195. The minimum absolute atomic E-state index is 0.0724. The molecule has 1 rings (SSSR count). The zero-order chi connectivity index (χ0) is 12.8. The Bertz CT molecular complexity index is 333. The Balaban J connectivity index is 2.63. The minimum atomic E-state index is -0.123. The van der Waals surface area contributed by atoms with E-state index in [0.717, 1.165) is 17.8 Å². The Morgan fingerprint density at radius 1 is 1.47 bits per heavy atom. The Labute approximate surface area is 107 Å². The Morgan fingerprint density at radius 2 is 2.18 bits per heavy atom. The average Bonchev–Trinajstić information content (AvgIpc) is 2.76. The third-order valence-corrected chi connectivity index (χ3v) is 3.39. The molecule has 0 amide bonds. The maximum absolute atomic E-state index is 11.7. The fourth-order valence-electron chi connectivity index (χ4n) is 1.39. The van der Waals surface area contributed by atoms with Crippen LogP contribution >= 0.6 is 11.3 Å². The quantitative estimate of drug-likeness (QED) is 0.732. The lowest BCUT2D eigenvalue weighted by Gasteiger charge is -2.20. The molecule has 1 aromatic heterocycles. The predicted molar refractivity (Wildman–Crippen MR) is 71.2 cm³/mol. The number of carbonyl (C=O) groups is 1. The molecule has 96 valence electrons. The van der Waals surface area contributed by atoms with Gasteiger partial charge in [-0.05, 0) is 25.5 Å². The highest BCUT2D eigenvalue weighted by atomic mass is 32.1. The van der Waals surface area contributed by atoms with Crippen LogP contribution in [-0.2, 0) is 9.53 Å². The van der Waals surface area contributed by atoms with Crippen molar-refractivity contribution in [2.75, 3.05) is 20.6 Å². The molecule has 0 radical (unpaired) electrons. The smallest absolute Gasteiger partial charge is 0.309 e. The molecule has 0 N–H and O–H groups in total. The number of hydrogen-bond acceptors (Lipinski definition) is 4. The standard InChI is InChI=1S/C13H21NO2S/c1-10(2)13(15)16-11(7-8-14(3)4)12-6-5-9-17-12/h5-6,9-11H,7-8H2,1-4H3/t11-/m0/s1. The maximum Gasteiger partial charge on any atom is 0.309 e. The van der Waals surface area contributed by atoms with Crippen molar-refractivity contribution in [3.63, 3.8) is 0 Å². The van der Waals surface area contributed by atoms with Gasteiger partial charge in [-0.1, -0.05) is 19.9 Å². The molecule has 0 saturated carbocycles. The highest BCUT2D eigenvalue weighted by Crippen LogP contribution is 2.26. The summed E-state index contributed by atoms with van der Waals surface area (Å²) < 4.78 is 5.55. The van der Waals surface area contributed by atoms with Crippen molar-refractivity contribution < 1.29 is 9.53 Å². The van der Waals surface area contributed by atoms with E-state index in [-0.39, 0.29) is 18.0 Å². The van der Waals surface area contributed by atoms with E-state index in [0.29, 0.717) is 0 Å². The molecular weight excluding hydrogens is 234 g/mol. The van der Waals surface area contributed by atoms with Gasteiger partial charge in [-0.25, -0.2) is 0 Å². The Kier molecular flexibility index (Phi) is 5.65. The van der Waals surface area contributed by atoms with Gasteiger partial charge in [0.2, 0.25) is 0 Å². The van der Waals surface area contributed by atoms with E-state index in [1.165, 1.54) is 0 Å². The van der Waals surface area contributed by atoms with Gasteiger partial charge in [0.1, 0.15) is 6.10 Å². The second-order valence-corrected chi connectivity index (χ2v) is 5.67. The van der Waals surface area contributed by atoms with Gasteiger partial charge in [0.25, 0.3) is 0 Å². The summed E-state index contributed by atoms with van der Waals surface area (Å²) in [5, 5.41) is 2.02. The van der Waals surface area contributed by atoms with Crippen LogP contribution in [0.15, 0.2) is 17.5 Å². The number of nitrogens with zero attached hydrogens (tertiary/aromatic N) is 1. The summed E-state index contributed by atoms with van der Waals surface area (Å²) in [7, 11) is 4.05. The third-order valence-electron chi connectivity index (χ3n) is 2.43. The van der Waals surface area contributed by atoms with E-state index in [4.69, 9.17) is 4.74 Å². The fraction of sp³-hybridized carbons (Fsp3) is 0.615. The van der Waals surface area contributed by atoms with Crippen LogP contribution in [0.3, 0.4) is 0 Å². The van der Waals surface area contributed by atoms with Crippen molar-refractivity contribution in [3.05, 3.63) is 22.4 Å². The predicted octanol–water partition coefficient (Wildman–Crippen LogP) is 2.94. The van der Waals surface area contributed by atoms with Crippen LogP contribution in [0, 0.1) is 5.92 Å². The minimum Gasteiger partial charge on any atom is -0.456 e. The molecule has 0 aliphatic heterocycles. The van der Waals surface area contributed by atoms with Gasteiger partial charge in [-0.2, -0.15) is 0 Å². The Hall–Kier alpha value is -0.870. The van der Waals surface area contributed by atoms with Crippen LogP contribution in [-0.4, -0.2) is 31.5 Å². The van der Waals surface area contributed by atoms with Gasteiger partial charge in [-0.15, -0.1) is 11.3 Å². The van der Waals surface area contributed by atoms with Crippen molar-refractivity contribution >= 4 is 17.3 Å². The third kappa shape index (κ3) is 4.88. The second kappa shape index (κ2) is 6.77. The molecule has 0 fully saturated rings. The molecule has 0 saturated heterocycles. The summed E-state index contributed by atoms with van der Waals surface area (Å²) in [5.41, 5.74) is 0. The second-order valence-electron chi connectivity index (χ2n) is 4.69. The van der Waals surface area contributed by atoms with Crippen LogP contribution in [0.1, 0.15) is 31.2 Å². The van der Waals surface area contributed by atoms with Crippen LogP contribution in [0.25, 0.3) is 0 Å². The first-order valence-electron chi connectivity index (χ1n) is 5.89. The topological polar surface area (TPSA) is 29.5 Å². The van der Waals surface area contributed by atoms with E-state index in [9.17, 15) is 4.79 Å². The molecule has 0 spiro atoms. The van der Waals surface area contributed by atoms with Gasteiger partial charge < -0.3 is 9.64 Å². The van der Waals surface area contributed by atoms with E-state index >= 15 is 0 Å². The molecule has 1 aromatic rings. The first-order valence-corrected chi connectivity index (χ1v) is 6.77. The number of carbonyl (C=O) groups excluding carboxylic acids is 1. The van der Waals surface area contributed by atoms with Crippen LogP contribution < -0.4 is 0 Å². The van der Waals surface area contributed by atoms with Gasteiger partial charge >= 0.3 is 5.97 Å². The molecular formula is C13H21NO2S. The zero-order valence-corrected chi connectivity index (χ0v) is 11.8. The average molecular weight is 255 g/mol. The molecule has 0 aliphatic carbocycles. The van der Waals surface area contributed by atoms with Crippen molar-refractivity contribution in [2.24, 2.45) is 5.92 Å². The molecule has 3 nitrogen and oxygen atoms in total. The van der Waals surface area contributed by atoms with Crippen LogP contribution in [0.2, 0.25) is 0 Å². The largest absolute Gasteiger partial charge is 0.456 e. The fourth-order valence-corrected chi connectivity index (χ4v) is 2.17. The number of rotatable bonds is 6. The van der Waals surface area contributed by atoms with Gasteiger partial charge in [0.05, 0.1) is 5.92 Å². The summed E-state index contributed by atoms with van der Waals surface area (Å²) in [4.78, 5) is 14.9. The lowest BCUT2D eigenvalue weighted by Crippen LogP contribution is -2.20. The van der Waals surface area contributed by atoms with E-state index in [2.05, 4.69) is 4.90 Å². The number of hydrogen-bond donors (Lipinski definition) is 0. The van der Waals surface area contributed by atoms with Crippen LogP contribution in [0.4, 0.5) is 0 Å². The number of esters is 1. The SMILES string of the molecule is CC(C)C(=O)O[C@@H](CCN(C)C)c1cccs1. The summed E-state index contributed by atoms with van der Waals surface area (Å²) in [6.45, 7) is 4.63. The molecule has 0 aliphatic rings. The van der Waals surface area contributed by atoms with Gasteiger partial charge in [0.15, 0.2) is 0 Å². The van der Waals surface area contributed by atoms with Crippen molar-refractivity contribution in [1.82, 2.24) is 4.90 Å². The molecule has 0 unspecified atom stereocenters. The lowest BCUT2D eigenvalue weighted by molar-refractivity contribution is -0.153. The lowest BCUT2D eigenvalue weighted by atomic mass is 10.2. The van der Waals surface area contributed by atoms with Crippen molar-refractivity contribution in [1.29, 1.82) is 0 Å². The van der Waals surface area contributed by atoms with E-state index in [1.54, 1.807) is 11.3 Å². The summed E-state index contributed by atoms with van der Waals surface area (Å²) >= 11 is 1.64. The van der Waals surface area contributed by atoms with Gasteiger partial charge in [-0.3, -0.25) is 4.79 Å². The monoisotopic (exact) mass is 255 g/mol. The van der Waals surface area contributed by atoms with Crippen LogP contribution in [0.5, 0.6) is 0 Å². The number of thiophene rings is 1. The number of ether oxygens (including phenoxy) is 1. The van der Waals surface area contributed by atoms with Crippen molar-refractivity contribution in [2.45, 2.75) is 26.4 Å². The molecule has 4 heteroatoms. The van der Waals surface area contributed by atoms with Gasteiger partial charge in [0, 0.05) is 17.8 Å². The maximum atomic E-state index is 11.7. The Morgan fingerprint density at radius 3 is 2.65 bits per heavy atom. The van der Waals surface area contributed by atoms with E-state index in [1.807, 2.05) is 45.5 Å². The summed E-state index contributed by atoms with van der Waals surface area (Å²) in [6, 6.07) is 4.02. The first kappa shape index (κ1) is 14.2. The normalized spacial score (nSPS) is 13.1. The highest BCUT2D eigenvalue weighted by molar-refractivity contribution is 7.10. The molecule has 0 bridgehead atoms. The summed E-state index contributed by atoms with van der Waals surface area (Å²) in [6.07, 6.45) is 0.735. The van der Waals surface area contributed by atoms with Crippen molar-refractivity contribution in [3.8, 4) is 0 Å². The molecule has 17 heavy (non-hydrogen) atoms. The van der Waals surface area contributed by atoms with E-state index < -0.39 is 0 Å². The molecule has 0 aromatic carbocycles. The zero-order valence-electron chi connectivity index (χ0n) is 11.0. The molecule has 1 atom stereocenters. The first-order chi connectivity index (χ1) is 8.00.